The molecule has 0 aliphatic heterocycles. The smallest absolute Gasteiger partial charge is 0.330 e. The number of imidazole rings is 1. The van der Waals surface area contributed by atoms with E-state index in [0.717, 1.165) is 10.1 Å². The van der Waals surface area contributed by atoms with E-state index in [1.54, 1.807) is 42.8 Å². The Morgan fingerprint density at radius 3 is 2.62 bits per heavy atom. The zero-order valence-corrected chi connectivity index (χ0v) is 16.3. The summed E-state index contributed by atoms with van der Waals surface area (Å²) < 4.78 is 7.61. The van der Waals surface area contributed by atoms with Gasteiger partial charge in [-0.1, -0.05) is 0 Å². The molecule has 29 heavy (non-hydrogen) atoms. The summed E-state index contributed by atoms with van der Waals surface area (Å²) in [5, 5.41) is 8.93. The van der Waals surface area contributed by atoms with Crippen molar-refractivity contribution in [3.63, 3.8) is 0 Å². The van der Waals surface area contributed by atoms with Gasteiger partial charge in [-0.3, -0.25) is 19.1 Å². The first kappa shape index (κ1) is 20.1. The normalized spacial score (nSPS) is 10.8. The van der Waals surface area contributed by atoms with E-state index in [2.05, 4.69) is 16.0 Å². The van der Waals surface area contributed by atoms with Gasteiger partial charge in [0.1, 0.15) is 11.5 Å². The molecule has 3 aromatic rings. The van der Waals surface area contributed by atoms with Crippen LogP contribution in [-0.2, 0) is 23.1 Å². The molecule has 0 atom stereocenters. The Bertz CT molecular complexity index is 1200. The van der Waals surface area contributed by atoms with E-state index in [0.29, 0.717) is 36.5 Å². The molecule has 1 N–H and O–H groups in total. The van der Waals surface area contributed by atoms with Gasteiger partial charge in [0.25, 0.3) is 5.56 Å². The maximum atomic E-state index is 12.8. The lowest BCUT2D eigenvalue weighted by molar-refractivity contribution is -0.143. The number of nitrogens with zero attached hydrogens (tertiary/aromatic N) is 4. The van der Waals surface area contributed by atoms with Gasteiger partial charge in [0.2, 0.25) is 0 Å². The molecule has 150 valence electrons. The minimum absolute atomic E-state index is 0.164. The first-order valence-corrected chi connectivity index (χ1v) is 9.32. The lowest BCUT2D eigenvalue weighted by Crippen LogP contribution is -2.35. The predicted molar refractivity (Wildman–Crippen MR) is 106 cm³/mol. The Morgan fingerprint density at radius 2 is 1.97 bits per heavy atom. The van der Waals surface area contributed by atoms with Gasteiger partial charge in [-0.25, -0.2) is 9.78 Å². The molecule has 0 aliphatic carbocycles. The van der Waals surface area contributed by atoms with Crippen molar-refractivity contribution >= 4 is 17.1 Å². The van der Waals surface area contributed by atoms with Gasteiger partial charge in [-0.2, -0.15) is 5.26 Å². The summed E-state index contributed by atoms with van der Waals surface area (Å²) in [6.45, 7) is 2.26. The maximum absolute atomic E-state index is 12.8. The molecular weight excluding hydrogens is 374 g/mol. The standard InChI is InChI=1S/C20H21N5O4/c1-3-29-15(26)6-4-5-11-25-19(27)16-18(23-20(25)28)24(2)17(22-16)14-9-7-13(12-21)8-10-14/h7-10H,3-6,11H2,1-2H3,(H,23,28). The number of carbonyl (C=O) groups excluding carboxylic acids is 1. The number of H-pyrrole nitrogens is 1. The second-order valence-electron chi connectivity index (χ2n) is 6.53. The molecule has 0 unspecified atom stereocenters. The monoisotopic (exact) mass is 395 g/mol. The van der Waals surface area contributed by atoms with Crippen molar-refractivity contribution in [2.75, 3.05) is 6.61 Å². The van der Waals surface area contributed by atoms with E-state index in [9.17, 15) is 14.4 Å². The fourth-order valence-electron chi connectivity index (χ4n) is 3.11. The van der Waals surface area contributed by atoms with E-state index in [-0.39, 0.29) is 24.5 Å². The Labute approximate surface area is 166 Å². The van der Waals surface area contributed by atoms with Crippen LogP contribution in [0.15, 0.2) is 33.9 Å². The third kappa shape index (κ3) is 4.11. The second-order valence-corrected chi connectivity index (χ2v) is 6.53. The molecule has 9 nitrogen and oxygen atoms in total. The minimum Gasteiger partial charge on any atom is -0.466 e. The Balaban J connectivity index is 1.88. The fraction of sp³-hybridized carbons (Fsp3) is 0.350. The molecule has 0 fully saturated rings. The van der Waals surface area contributed by atoms with Gasteiger partial charge in [0.15, 0.2) is 5.52 Å². The molecule has 2 heterocycles. The number of fused-ring (bicyclic) bond motifs is 1. The molecular formula is C20H21N5O4. The average molecular weight is 395 g/mol. The van der Waals surface area contributed by atoms with Gasteiger partial charge in [-0.15, -0.1) is 0 Å². The number of rotatable bonds is 7. The lowest BCUT2D eigenvalue weighted by atomic mass is 10.1. The molecule has 3 rings (SSSR count). The summed E-state index contributed by atoms with van der Waals surface area (Å²) in [6, 6.07) is 8.87. The Kier molecular flexibility index (Phi) is 5.93. The highest BCUT2D eigenvalue weighted by atomic mass is 16.5. The number of hydrogen-bond donors (Lipinski definition) is 1. The van der Waals surface area contributed by atoms with Crippen LogP contribution in [0.4, 0.5) is 0 Å². The number of nitriles is 1. The van der Waals surface area contributed by atoms with Crippen molar-refractivity contribution in [2.24, 2.45) is 7.05 Å². The number of nitrogens with one attached hydrogen (secondary N) is 1. The largest absolute Gasteiger partial charge is 0.466 e. The van der Waals surface area contributed by atoms with Crippen molar-refractivity contribution in [1.29, 1.82) is 5.26 Å². The number of carbonyl (C=O) groups is 1. The number of benzene rings is 1. The number of aromatic nitrogens is 4. The molecule has 0 aliphatic rings. The van der Waals surface area contributed by atoms with E-state index in [1.165, 1.54) is 0 Å². The van der Waals surface area contributed by atoms with Crippen molar-refractivity contribution < 1.29 is 9.53 Å². The maximum Gasteiger partial charge on any atom is 0.330 e. The zero-order valence-electron chi connectivity index (χ0n) is 16.3. The Morgan fingerprint density at radius 1 is 1.24 bits per heavy atom. The van der Waals surface area contributed by atoms with Crippen LogP contribution in [0, 0.1) is 11.3 Å². The van der Waals surface area contributed by atoms with Crippen molar-refractivity contribution in [2.45, 2.75) is 32.7 Å². The Hall–Kier alpha value is -3.67. The summed E-state index contributed by atoms with van der Waals surface area (Å²) in [6.07, 6.45) is 1.25. The third-order valence-electron chi connectivity index (χ3n) is 4.60. The SMILES string of the molecule is CCOC(=O)CCCCn1c(=O)[nH]c2c(nc(-c3ccc(C#N)cc3)n2C)c1=O. The summed E-state index contributed by atoms with van der Waals surface area (Å²) >= 11 is 0. The number of esters is 1. The van der Waals surface area contributed by atoms with Crippen molar-refractivity contribution in [3.8, 4) is 17.5 Å². The molecule has 0 bridgehead atoms. The fourth-order valence-corrected chi connectivity index (χ4v) is 3.11. The second kappa shape index (κ2) is 8.56. The summed E-state index contributed by atoms with van der Waals surface area (Å²) in [5.41, 5.74) is 0.748. The van der Waals surface area contributed by atoms with E-state index < -0.39 is 11.2 Å². The number of ether oxygens (including phenoxy) is 1. The molecule has 0 spiro atoms. The highest BCUT2D eigenvalue weighted by Crippen LogP contribution is 2.21. The van der Waals surface area contributed by atoms with Crippen LogP contribution in [-0.4, -0.2) is 31.7 Å². The average Bonchev–Trinajstić information content (AvgIpc) is 3.04. The van der Waals surface area contributed by atoms with Crippen LogP contribution in [0.3, 0.4) is 0 Å². The quantitative estimate of drug-likeness (QED) is 0.480. The van der Waals surface area contributed by atoms with E-state index >= 15 is 0 Å². The minimum atomic E-state index is -0.520. The van der Waals surface area contributed by atoms with Crippen LogP contribution in [0.1, 0.15) is 31.7 Å². The van der Waals surface area contributed by atoms with E-state index in [1.807, 2.05) is 0 Å². The predicted octanol–water partition coefficient (Wildman–Crippen LogP) is 1.70. The number of aromatic amines is 1. The van der Waals surface area contributed by atoms with Gasteiger partial charge in [0, 0.05) is 25.6 Å². The molecule has 1 aromatic carbocycles. The first-order valence-electron chi connectivity index (χ1n) is 9.32. The highest BCUT2D eigenvalue weighted by molar-refractivity contribution is 5.76. The first-order chi connectivity index (χ1) is 14.0. The van der Waals surface area contributed by atoms with Crippen LogP contribution in [0.25, 0.3) is 22.6 Å². The zero-order chi connectivity index (χ0) is 21.0. The summed E-state index contributed by atoms with van der Waals surface area (Å²) in [7, 11) is 1.71. The molecule has 0 saturated heterocycles. The molecule has 2 aromatic heterocycles. The number of hydrogen-bond acceptors (Lipinski definition) is 6. The lowest BCUT2D eigenvalue weighted by Gasteiger charge is -2.05. The van der Waals surface area contributed by atoms with Gasteiger partial charge in [-0.05, 0) is 44.0 Å². The molecule has 0 saturated carbocycles. The number of unbranched alkanes of at least 4 members (excludes halogenated alkanes) is 1. The summed E-state index contributed by atoms with van der Waals surface area (Å²) in [4.78, 5) is 43.7. The van der Waals surface area contributed by atoms with Crippen LogP contribution in [0.5, 0.6) is 0 Å². The van der Waals surface area contributed by atoms with Crippen molar-refractivity contribution in [1.82, 2.24) is 19.1 Å². The topological polar surface area (TPSA) is 123 Å². The highest BCUT2D eigenvalue weighted by Gasteiger charge is 2.16. The number of aryl methyl sites for hydroxylation is 1. The van der Waals surface area contributed by atoms with Crippen molar-refractivity contribution in [3.05, 3.63) is 50.7 Å². The molecule has 9 heteroatoms. The van der Waals surface area contributed by atoms with Gasteiger partial charge in [0.05, 0.1) is 18.2 Å². The summed E-state index contributed by atoms with van der Waals surface area (Å²) in [5.74, 6) is 0.221. The van der Waals surface area contributed by atoms with Gasteiger partial charge < -0.3 is 9.30 Å². The van der Waals surface area contributed by atoms with E-state index in [4.69, 9.17) is 10.00 Å². The van der Waals surface area contributed by atoms with Gasteiger partial charge >= 0.3 is 11.7 Å². The molecule has 0 radical (unpaired) electrons. The molecule has 0 amide bonds. The van der Waals surface area contributed by atoms with Crippen LogP contribution < -0.4 is 11.2 Å². The van der Waals surface area contributed by atoms with Crippen LogP contribution >= 0.6 is 0 Å². The van der Waals surface area contributed by atoms with Crippen LogP contribution in [0.2, 0.25) is 0 Å². The third-order valence-corrected chi connectivity index (χ3v) is 4.60.